The van der Waals surface area contributed by atoms with Crippen molar-refractivity contribution in [1.29, 1.82) is 0 Å². The summed E-state index contributed by atoms with van der Waals surface area (Å²) in [7, 11) is 0. The zero-order chi connectivity index (χ0) is 17.4. The standard InChI is InChI=1S/C9H14O4.C7H12O3/c1-6(10)13-8-4-2-7(3-5-8)9(11)12;8-6-3-1-5(2-4-6)7(9)10/h7-8H,2-5H2,1H3,(H,11,12);5-6,8H,1-4H2,(H,9,10). The van der Waals surface area contributed by atoms with Crippen LogP contribution < -0.4 is 0 Å². The third-order valence-electron chi connectivity index (χ3n) is 4.40. The van der Waals surface area contributed by atoms with Crippen molar-refractivity contribution in [2.75, 3.05) is 0 Å². The van der Waals surface area contributed by atoms with Gasteiger partial charge in [0.1, 0.15) is 6.10 Å². The molecule has 7 heteroatoms. The Labute approximate surface area is 135 Å². The van der Waals surface area contributed by atoms with E-state index in [-0.39, 0.29) is 30.0 Å². The van der Waals surface area contributed by atoms with Crippen LogP contribution >= 0.6 is 0 Å². The van der Waals surface area contributed by atoms with Crippen LogP contribution in [0.15, 0.2) is 0 Å². The van der Waals surface area contributed by atoms with E-state index in [0.29, 0.717) is 51.4 Å². The minimum atomic E-state index is -0.735. The van der Waals surface area contributed by atoms with E-state index in [2.05, 4.69) is 0 Å². The number of aliphatic hydroxyl groups is 1. The van der Waals surface area contributed by atoms with Gasteiger partial charge in [0.2, 0.25) is 0 Å². The minimum Gasteiger partial charge on any atom is -0.481 e. The average molecular weight is 330 g/mol. The normalized spacial score (nSPS) is 30.5. The highest BCUT2D eigenvalue weighted by Gasteiger charge is 2.27. The average Bonchev–Trinajstić information content (AvgIpc) is 2.48. The fourth-order valence-electron chi connectivity index (χ4n) is 2.99. The molecule has 132 valence electrons. The van der Waals surface area contributed by atoms with Gasteiger partial charge in [-0.25, -0.2) is 0 Å². The highest BCUT2D eigenvalue weighted by molar-refractivity contribution is 5.70. The van der Waals surface area contributed by atoms with Crippen LogP contribution in [0, 0.1) is 11.8 Å². The smallest absolute Gasteiger partial charge is 0.306 e. The number of carbonyl (C=O) groups excluding carboxylic acids is 1. The number of hydrogen-bond acceptors (Lipinski definition) is 5. The number of carboxylic acids is 2. The van der Waals surface area contributed by atoms with Crippen molar-refractivity contribution in [1.82, 2.24) is 0 Å². The molecule has 0 heterocycles. The Kier molecular flexibility index (Phi) is 8.02. The molecular weight excluding hydrogens is 304 g/mol. The highest BCUT2D eigenvalue weighted by Crippen LogP contribution is 2.26. The summed E-state index contributed by atoms with van der Waals surface area (Å²) in [6.07, 6.45) is 4.85. The number of carboxylic acid groups (broad SMARTS) is 2. The van der Waals surface area contributed by atoms with Crippen molar-refractivity contribution in [3.8, 4) is 0 Å². The molecule has 0 amide bonds. The van der Waals surface area contributed by atoms with Crippen molar-refractivity contribution in [2.24, 2.45) is 11.8 Å². The Bertz CT molecular complexity index is 405. The van der Waals surface area contributed by atoms with E-state index in [0.717, 1.165) is 0 Å². The maximum absolute atomic E-state index is 10.6. The predicted octanol–water partition coefficient (Wildman–Crippen LogP) is 1.81. The highest BCUT2D eigenvalue weighted by atomic mass is 16.5. The fraction of sp³-hybridized carbons (Fsp3) is 0.812. The van der Waals surface area contributed by atoms with E-state index < -0.39 is 11.9 Å². The van der Waals surface area contributed by atoms with Crippen LogP contribution in [0.2, 0.25) is 0 Å². The van der Waals surface area contributed by atoms with E-state index in [1.807, 2.05) is 0 Å². The second-order valence-corrected chi connectivity index (χ2v) is 6.26. The Morgan fingerprint density at radius 1 is 0.783 bits per heavy atom. The second-order valence-electron chi connectivity index (χ2n) is 6.26. The molecule has 2 saturated carbocycles. The first-order valence-corrected chi connectivity index (χ1v) is 8.10. The van der Waals surface area contributed by atoms with Gasteiger partial charge >= 0.3 is 17.9 Å². The molecule has 2 aliphatic rings. The third-order valence-corrected chi connectivity index (χ3v) is 4.40. The van der Waals surface area contributed by atoms with Crippen LogP contribution in [0.25, 0.3) is 0 Å². The van der Waals surface area contributed by atoms with Gasteiger partial charge in [0.05, 0.1) is 17.9 Å². The molecule has 0 aromatic carbocycles. The van der Waals surface area contributed by atoms with Gasteiger partial charge in [0, 0.05) is 6.92 Å². The minimum absolute atomic E-state index is 0.0619. The molecule has 7 nitrogen and oxygen atoms in total. The van der Waals surface area contributed by atoms with Gasteiger partial charge in [0.15, 0.2) is 0 Å². The molecular formula is C16H26O7. The SMILES string of the molecule is CC(=O)OC1CCC(C(=O)O)CC1.O=C(O)C1CCC(O)CC1. The summed E-state index contributed by atoms with van der Waals surface area (Å²) in [6, 6.07) is 0. The quantitative estimate of drug-likeness (QED) is 0.675. The van der Waals surface area contributed by atoms with Crippen molar-refractivity contribution in [3.05, 3.63) is 0 Å². The van der Waals surface area contributed by atoms with Crippen molar-refractivity contribution >= 4 is 17.9 Å². The Hall–Kier alpha value is -1.63. The first-order chi connectivity index (χ1) is 10.8. The lowest BCUT2D eigenvalue weighted by Gasteiger charge is -2.25. The summed E-state index contributed by atoms with van der Waals surface area (Å²) in [6.45, 7) is 1.38. The molecule has 2 fully saturated rings. The van der Waals surface area contributed by atoms with E-state index in [9.17, 15) is 14.4 Å². The zero-order valence-corrected chi connectivity index (χ0v) is 13.4. The molecule has 0 aliphatic heterocycles. The van der Waals surface area contributed by atoms with Gasteiger partial charge in [-0.3, -0.25) is 14.4 Å². The van der Waals surface area contributed by atoms with Crippen LogP contribution in [0.5, 0.6) is 0 Å². The molecule has 0 aromatic heterocycles. The number of ether oxygens (including phenoxy) is 1. The van der Waals surface area contributed by atoms with E-state index in [4.69, 9.17) is 20.1 Å². The molecule has 0 spiro atoms. The lowest BCUT2D eigenvalue weighted by Crippen LogP contribution is -2.27. The Morgan fingerprint density at radius 3 is 1.52 bits per heavy atom. The Balaban J connectivity index is 0.000000238. The lowest BCUT2D eigenvalue weighted by atomic mass is 9.87. The number of esters is 1. The first kappa shape index (κ1) is 19.4. The van der Waals surface area contributed by atoms with Gasteiger partial charge in [-0.1, -0.05) is 0 Å². The zero-order valence-electron chi connectivity index (χ0n) is 13.4. The van der Waals surface area contributed by atoms with Crippen LogP contribution in [0.1, 0.15) is 58.3 Å². The fourth-order valence-corrected chi connectivity index (χ4v) is 2.99. The van der Waals surface area contributed by atoms with Crippen molar-refractivity contribution < 1.29 is 34.4 Å². The number of hydrogen-bond donors (Lipinski definition) is 3. The van der Waals surface area contributed by atoms with Gasteiger partial charge in [-0.05, 0) is 51.4 Å². The van der Waals surface area contributed by atoms with Gasteiger partial charge in [-0.2, -0.15) is 0 Å². The summed E-state index contributed by atoms with van der Waals surface area (Å²) < 4.78 is 4.99. The second kappa shape index (κ2) is 9.50. The summed E-state index contributed by atoms with van der Waals surface area (Å²) in [5.74, 6) is -2.18. The molecule has 23 heavy (non-hydrogen) atoms. The summed E-state index contributed by atoms with van der Waals surface area (Å²) in [5.41, 5.74) is 0. The molecule has 0 bridgehead atoms. The molecule has 3 N–H and O–H groups in total. The molecule has 0 unspecified atom stereocenters. The third kappa shape index (κ3) is 7.45. The molecule has 0 saturated heterocycles. The van der Waals surface area contributed by atoms with Gasteiger partial charge in [-0.15, -0.1) is 0 Å². The van der Waals surface area contributed by atoms with E-state index >= 15 is 0 Å². The van der Waals surface area contributed by atoms with Crippen molar-refractivity contribution in [3.63, 3.8) is 0 Å². The summed E-state index contributed by atoms with van der Waals surface area (Å²) in [4.78, 5) is 31.5. The summed E-state index contributed by atoms with van der Waals surface area (Å²) in [5, 5.41) is 26.3. The monoisotopic (exact) mass is 330 g/mol. The lowest BCUT2D eigenvalue weighted by molar-refractivity contribution is -0.150. The predicted molar refractivity (Wildman–Crippen MR) is 80.7 cm³/mol. The number of rotatable bonds is 3. The molecule has 0 aromatic rings. The topological polar surface area (TPSA) is 121 Å². The van der Waals surface area contributed by atoms with Crippen molar-refractivity contribution in [2.45, 2.75) is 70.5 Å². The van der Waals surface area contributed by atoms with E-state index in [1.165, 1.54) is 6.92 Å². The molecule has 0 atom stereocenters. The van der Waals surface area contributed by atoms with Crippen LogP contribution in [0.4, 0.5) is 0 Å². The van der Waals surface area contributed by atoms with Crippen LogP contribution in [-0.4, -0.2) is 45.4 Å². The van der Waals surface area contributed by atoms with Crippen LogP contribution in [0.3, 0.4) is 0 Å². The molecule has 0 radical (unpaired) electrons. The summed E-state index contributed by atoms with van der Waals surface area (Å²) >= 11 is 0. The van der Waals surface area contributed by atoms with Gasteiger partial charge < -0.3 is 20.1 Å². The molecule has 2 rings (SSSR count). The van der Waals surface area contributed by atoms with Crippen LogP contribution in [-0.2, 0) is 19.1 Å². The number of carbonyl (C=O) groups is 3. The largest absolute Gasteiger partial charge is 0.481 e. The Morgan fingerprint density at radius 2 is 1.17 bits per heavy atom. The van der Waals surface area contributed by atoms with Gasteiger partial charge in [0.25, 0.3) is 0 Å². The maximum Gasteiger partial charge on any atom is 0.306 e. The number of aliphatic hydroxyl groups excluding tert-OH is 1. The van der Waals surface area contributed by atoms with E-state index in [1.54, 1.807) is 0 Å². The first-order valence-electron chi connectivity index (χ1n) is 8.10. The maximum atomic E-state index is 10.6. The molecule has 2 aliphatic carbocycles. The number of aliphatic carboxylic acids is 2.